The summed E-state index contributed by atoms with van der Waals surface area (Å²) >= 11 is 0. The Hall–Kier alpha value is -2.81. The lowest BCUT2D eigenvalue weighted by Gasteiger charge is -2.24. The van der Waals surface area contributed by atoms with Crippen LogP contribution < -0.4 is 0 Å². The van der Waals surface area contributed by atoms with Gasteiger partial charge in [0.15, 0.2) is 6.10 Å². The van der Waals surface area contributed by atoms with Crippen molar-refractivity contribution in [2.24, 2.45) is 0 Å². The second-order valence-electron chi connectivity index (χ2n) is 15.7. The maximum Gasteiger partial charge on any atom is 0.472 e. The van der Waals surface area contributed by atoms with Gasteiger partial charge < -0.3 is 18.9 Å². The highest BCUT2D eigenvalue weighted by molar-refractivity contribution is 7.47. The smallest absolute Gasteiger partial charge is 0.462 e. The zero-order valence-electron chi connectivity index (χ0n) is 37.2. The van der Waals surface area contributed by atoms with Gasteiger partial charge in [-0.1, -0.05) is 131 Å². The average Bonchev–Trinajstić information content (AvgIpc) is 3.17. The summed E-state index contributed by atoms with van der Waals surface area (Å²) in [5.74, 6) is -0.888. The first-order valence-corrected chi connectivity index (χ1v) is 23.8. The van der Waals surface area contributed by atoms with Gasteiger partial charge in [0, 0.05) is 12.8 Å². The Balaban J connectivity index is 4.49. The predicted molar refractivity (Wildman–Crippen MR) is 242 cm³/mol. The Kier molecular flexibility index (Phi) is 37.7. The number of allylic oxidation sites excluding steroid dienone is 14. The van der Waals surface area contributed by atoms with Crippen LogP contribution in [0, 0.1) is 0 Å². The first-order valence-electron chi connectivity index (χ1n) is 22.3. The molecule has 0 spiro atoms. The number of phosphoric ester groups is 1. The number of nitrogens with zero attached hydrogens (tertiary/aromatic N) is 1. The quantitative estimate of drug-likeness (QED) is 0.0214. The van der Waals surface area contributed by atoms with Crippen molar-refractivity contribution in [3.63, 3.8) is 0 Å². The molecule has 1 N–H and O–H groups in total. The van der Waals surface area contributed by atoms with E-state index in [9.17, 15) is 19.0 Å². The third-order valence-electron chi connectivity index (χ3n) is 8.90. The standard InChI is InChI=1S/C48H82NO8P/c1-6-8-10-12-14-16-18-20-22-23-24-25-27-28-30-32-34-36-38-40-47(50)54-44-46(45-56-58(52,53)55-43-42-49(3,4)5)57-48(51)41-39-37-35-33-31-29-26-21-19-17-15-13-11-9-7-2/h14-17,20-22,24-26,28,30-31,33,46H,6-13,18-19,23,27,29,32,34-45H2,1-5H3/p+1/b16-14-,17-15-,22-20-,25-24-,26-21-,30-28-,33-31-/t46-/m1/s1. The van der Waals surface area contributed by atoms with Crippen molar-refractivity contribution in [2.75, 3.05) is 47.5 Å². The molecule has 0 aromatic heterocycles. The average molecular weight is 833 g/mol. The maximum absolute atomic E-state index is 12.7. The number of carbonyl (C=O) groups excluding carboxylic acids is 2. The van der Waals surface area contributed by atoms with Crippen molar-refractivity contribution in [3.05, 3.63) is 85.1 Å². The van der Waals surface area contributed by atoms with Crippen LogP contribution in [0.15, 0.2) is 85.1 Å². The molecular formula is C48H83NO8P+. The van der Waals surface area contributed by atoms with Gasteiger partial charge in [-0.25, -0.2) is 4.57 Å². The number of quaternary nitrogens is 1. The molecule has 0 amide bonds. The molecule has 0 saturated carbocycles. The molecule has 58 heavy (non-hydrogen) atoms. The molecule has 1 unspecified atom stereocenters. The number of rotatable bonds is 39. The van der Waals surface area contributed by atoms with E-state index in [2.05, 4.69) is 98.9 Å². The summed E-state index contributed by atoms with van der Waals surface area (Å²) in [6, 6.07) is 0. The van der Waals surface area contributed by atoms with E-state index in [1.165, 1.54) is 44.9 Å². The molecule has 9 nitrogen and oxygen atoms in total. The number of esters is 2. The molecule has 0 saturated heterocycles. The lowest BCUT2D eigenvalue weighted by atomic mass is 10.1. The van der Waals surface area contributed by atoms with Crippen LogP contribution in [-0.2, 0) is 32.7 Å². The summed E-state index contributed by atoms with van der Waals surface area (Å²) in [6.07, 6.45) is 50.6. The fourth-order valence-electron chi connectivity index (χ4n) is 5.35. The lowest BCUT2D eigenvalue weighted by molar-refractivity contribution is -0.870. The van der Waals surface area contributed by atoms with Crippen molar-refractivity contribution in [1.82, 2.24) is 0 Å². The molecule has 0 aromatic carbocycles. The highest BCUT2D eigenvalue weighted by Crippen LogP contribution is 2.43. The number of hydrogen-bond donors (Lipinski definition) is 1. The molecule has 0 aliphatic carbocycles. The highest BCUT2D eigenvalue weighted by Gasteiger charge is 2.27. The van der Waals surface area contributed by atoms with E-state index in [4.69, 9.17) is 18.5 Å². The number of ether oxygens (including phenoxy) is 2. The van der Waals surface area contributed by atoms with E-state index in [0.29, 0.717) is 23.9 Å². The molecule has 0 rings (SSSR count). The van der Waals surface area contributed by atoms with Crippen molar-refractivity contribution >= 4 is 19.8 Å². The first-order chi connectivity index (χ1) is 28.0. The molecule has 2 atom stereocenters. The monoisotopic (exact) mass is 833 g/mol. The Morgan fingerprint density at radius 1 is 0.534 bits per heavy atom. The summed E-state index contributed by atoms with van der Waals surface area (Å²) in [4.78, 5) is 35.4. The van der Waals surface area contributed by atoms with Crippen LogP contribution in [0.25, 0.3) is 0 Å². The van der Waals surface area contributed by atoms with Crippen LogP contribution in [0.3, 0.4) is 0 Å². The summed E-state index contributed by atoms with van der Waals surface area (Å²) in [7, 11) is 1.42. The second-order valence-corrected chi connectivity index (χ2v) is 17.2. The van der Waals surface area contributed by atoms with Crippen LogP contribution >= 0.6 is 7.82 Å². The summed E-state index contributed by atoms with van der Waals surface area (Å²) in [5.41, 5.74) is 0. The van der Waals surface area contributed by atoms with Crippen LogP contribution in [0.5, 0.6) is 0 Å². The fraction of sp³-hybridized carbons (Fsp3) is 0.667. The number of hydrogen-bond acceptors (Lipinski definition) is 7. The molecule has 0 bridgehead atoms. The number of phosphoric acid groups is 1. The Bertz CT molecular complexity index is 1260. The Labute approximate surface area is 354 Å². The molecule has 0 aromatic rings. The molecule has 0 heterocycles. The minimum atomic E-state index is -4.40. The molecule has 0 radical (unpaired) electrons. The van der Waals surface area contributed by atoms with E-state index in [0.717, 1.165) is 70.6 Å². The SMILES string of the molecule is CCCCC/C=C\C/C=C\C/C=C\C/C=C\CCCCCC(=O)OC[C@H](COP(=O)(O)OCC[N+](C)(C)C)OC(=O)CCCC/C=C\C/C=C\C/C=C\CCCCC. The first kappa shape index (κ1) is 55.2. The molecule has 332 valence electrons. The van der Waals surface area contributed by atoms with E-state index in [1.807, 2.05) is 21.1 Å². The largest absolute Gasteiger partial charge is 0.472 e. The van der Waals surface area contributed by atoms with E-state index in [1.54, 1.807) is 0 Å². The van der Waals surface area contributed by atoms with Gasteiger partial charge in [0.2, 0.25) is 0 Å². The lowest BCUT2D eigenvalue weighted by Crippen LogP contribution is -2.37. The van der Waals surface area contributed by atoms with Gasteiger partial charge in [0.05, 0.1) is 27.7 Å². The molecule has 10 heteroatoms. The van der Waals surface area contributed by atoms with Crippen molar-refractivity contribution < 1.29 is 42.1 Å². The van der Waals surface area contributed by atoms with Gasteiger partial charge in [-0.15, -0.1) is 0 Å². The molecular weight excluding hydrogens is 750 g/mol. The predicted octanol–water partition coefficient (Wildman–Crippen LogP) is 12.8. The molecule has 0 aliphatic rings. The number of likely N-dealkylation sites (N-methyl/N-ethyl adjacent to an activating group) is 1. The van der Waals surface area contributed by atoms with Gasteiger partial charge in [0.1, 0.15) is 19.8 Å². The number of carbonyl (C=O) groups is 2. The Morgan fingerprint density at radius 2 is 0.931 bits per heavy atom. The van der Waals surface area contributed by atoms with E-state index in [-0.39, 0.29) is 26.1 Å². The fourth-order valence-corrected chi connectivity index (χ4v) is 6.10. The van der Waals surface area contributed by atoms with Gasteiger partial charge in [-0.2, -0.15) is 0 Å². The zero-order valence-corrected chi connectivity index (χ0v) is 38.1. The summed E-state index contributed by atoms with van der Waals surface area (Å²) in [5, 5.41) is 0. The van der Waals surface area contributed by atoms with Gasteiger partial charge in [-0.3, -0.25) is 18.6 Å². The van der Waals surface area contributed by atoms with Crippen LogP contribution in [0.4, 0.5) is 0 Å². The van der Waals surface area contributed by atoms with Gasteiger partial charge in [0.25, 0.3) is 0 Å². The van der Waals surface area contributed by atoms with Crippen LogP contribution in [0.2, 0.25) is 0 Å². The van der Waals surface area contributed by atoms with Crippen molar-refractivity contribution in [1.29, 1.82) is 0 Å². The number of unbranched alkanes of at least 4 members (excludes halogenated alkanes) is 11. The zero-order chi connectivity index (χ0) is 42.8. The third-order valence-corrected chi connectivity index (χ3v) is 9.88. The van der Waals surface area contributed by atoms with E-state index < -0.39 is 32.5 Å². The van der Waals surface area contributed by atoms with Gasteiger partial charge >= 0.3 is 19.8 Å². The normalized spacial score (nSPS) is 14.4. The van der Waals surface area contributed by atoms with Crippen LogP contribution in [0.1, 0.15) is 155 Å². The van der Waals surface area contributed by atoms with Crippen LogP contribution in [-0.4, -0.2) is 74.9 Å². The third kappa shape index (κ3) is 42.8. The summed E-state index contributed by atoms with van der Waals surface area (Å²) < 4.78 is 34.2. The molecule has 0 fully saturated rings. The van der Waals surface area contributed by atoms with Crippen molar-refractivity contribution in [3.8, 4) is 0 Å². The topological polar surface area (TPSA) is 108 Å². The Morgan fingerprint density at radius 3 is 1.38 bits per heavy atom. The minimum Gasteiger partial charge on any atom is -0.462 e. The summed E-state index contributed by atoms with van der Waals surface area (Å²) in [6.45, 7) is 4.26. The van der Waals surface area contributed by atoms with Gasteiger partial charge in [-0.05, 0) is 96.3 Å². The second kappa shape index (κ2) is 39.6. The van der Waals surface area contributed by atoms with E-state index >= 15 is 0 Å². The highest BCUT2D eigenvalue weighted by atomic mass is 31.2. The van der Waals surface area contributed by atoms with Crippen molar-refractivity contribution in [2.45, 2.75) is 161 Å². The maximum atomic E-state index is 12.7. The molecule has 0 aliphatic heterocycles. The minimum absolute atomic E-state index is 0.0143.